The van der Waals surface area contributed by atoms with Crippen LogP contribution in [0.4, 0.5) is 10.8 Å². The van der Waals surface area contributed by atoms with E-state index in [4.69, 9.17) is 10.8 Å². The molecule has 8 heteroatoms. The molecule has 1 aromatic rings. The Balaban J connectivity index is 2.48. The number of nitrogens with two attached hydrogens (primary N) is 1. The van der Waals surface area contributed by atoms with Crippen molar-refractivity contribution in [3.63, 3.8) is 0 Å². The number of aliphatic hydroxyl groups excluding tert-OH is 1. The second-order valence-corrected chi connectivity index (χ2v) is 6.51. The number of hydrogen-bond donors (Lipinski definition) is 4. The first-order chi connectivity index (χ1) is 9.56. The van der Waals surface area contributed by atoms with Crippen LogP contribution in [0.1, 0.15) is 30.6 Å². The quantitative estimate of drug-likeness (QED) is 0.513. The second-order valence-electron chi connectivity index (χ2n) is 4.52. The van der Waals surface area contributed by atoms with E-state index in [0.29, 0.717) is 10.6 Å². The molecule has 0 saturated heterocycles. The van der Waals surface area contributed by atoms with Crippen molar-refractivity contribution in [1.29, 1.82) is 0 Å². The van der Waals surface area contributed by atoms with Crippen molar-refractivity contribution in [1.82, 2.24) is 9.69 Å². The molecule has 1 amide bonds. The molecule has 0 aromatic carbocycles. The number of anilines is 2. The highest BCUT2D eigenvalue weighted by molar-refractivity contribution is 7.99. The lowest BCUT2D eigenvalue weighted by Crippen LogP contribution is -2.31. The molecule has 0 fully saturated rings. The first kappa shape index (κ1) is 17.1. The number of hydrogen-bond acceptors (Lipinski definition) is 7. The fraction of sp³-hybridized carbons (Fsp3) is 0.667. The molecule has 0 unspecified atom stereocenters. The number of nitrogens with one attached hydrogen (secondary N) is 2. The highest BCUT2D eigenvalue weighted by atomic mass is 32.2. The average molecular weight is 318 g/mol. The van der Waals surface area contributed by atoms with Crippen LogP contribution in [-0.2, 0) is 0 Å². The molecule has 0 aliphatic carbocycles. The number of thioether (sulfide) groups is 1. The van der Waals surface area contributed by atoms with Gasteiger partial charge in [0.15, 0.2) is 5.82 Å². The summed E-state index contributed by atoms with van der Waals surface area (Å²) in [5, 5.41) is 15.4. The molecule has 6 nitrogen and oxygen atoms in total. The minimum atomic E-state index is -0.193. The van der Waals surface area contributed by atoms with Gasteiger partial charge in [0.05, 0.1) is 0 Å². The number of amides is 1. The van der Waals surface area contributed by atoms with Crippen molar-refractivity contribution in [2.75, 3.05) is 35.7 Å². The minimum absolute atomic E-state index is 0.0590. The fourth-order valence-corrected chi connectivity index (χ4v) is 3.00. The molecule has 0 spiro atoms. The Labute approximate surface area is 127 Å². The molecular weight excluding hydrogens is 296 g/mol. The highest BCUT2D eigenvalue weighted by Crippen LogP contribution is 2.26. The van der Waals surface area contributed by atoms with Gasteiger partial charge in [-0.05, 0) is 37.6 Å². The summed E-state index contributed by atoms with van der Waals surface area (Å²) in [6, 6.07) is 0.0590. The third-order valence-corrected chi connectivity index (χ3v) is 4.23. The summed E-state index contributed by atoms with van der Waals surface area (Å²) in [6.07, 6.45) is 0.806. The van der Waals surface area contributed by atoms with Crippen LogP contribution in [0.25, 0.3) is 0 Å². The maximum Gasteiger partial charge on any atom is 0.258 e. The number of aliphatic hydroxyl groups is 1. The largest absolute Gasteiger partial charge is 0.396 e. The standard InChI is InChI=1S/C12H22N4O2S2/c1-8(2)15-11(18)9-10(13)16-20-12(9)14-4-7-19-6-3-5-17/h8,14,17H,3-7H2,1-2H3,(H2,13,16)(H,15,18). The number of carbonyl (C=O) groups is 1. The van der Waals surface area contributed by atoms with E-state index < -0.39 is 0 Å². The summed E-state index contributed by atoms with van der Waals surface area (Å²) >= 11 is 2.96. The van der Waals surface area contributed by atoms with Crippen LogP contribution in [-0.4, -0.2) is 46.1 Å². The van der Waals surface area contributed by atoms with Gasteiger partial charge in [0.25, 0.3) is 5.91 Å². The van der Waals surface area contributed by atoms with Crippen LogP contribution in [0.3, 0.4) is 0 Å². The van der Waals surface area contributed by atoms with Crippen molar-refractivity contribution in [3.8, 4) is 0 Å². The predicted molar refractivity (Wildman–Crippen MR) is 86.6 cm³/mol. The molecule has 0 radical (unpaired) electrons. The first-order valence-electron chi connectivity index (χ1n) is 6.54. The van der Waals surface area contributed by atoms with Crippen molar-refractivity contribution in [2.24, 2.45) is 0 Å². The van der Waals surface area contributed by atoms with Gasteiger partial charge >= 0.3 is 0 Å². The monoisotopic (exact) mass is 318 g/mol. The van der Waals surface area contributed by atoms with Crippen molar-refractivity contribution in [3.05, 3.63) is 5.56 Å². The van der Waals surface area contributed by atoms with Crippen LogP contribution in [0.2, 0.25) is 0 Å². The Bertz CT molecular complexity index is 424. The Kier molecular flexibility index (Phi) is 7.71. The van der Waals surface area contributed by atoms with Gasteiger partial charge in [-0.25, -0.2) is 0 Å². The van der Waals surface area contributed by atoms with Gasteiger partial charge in [-0.2, -0.15) is 16.1 Å². The lowest BCUT2D eigenvalue weighted by atomic mass is 10.2. The first-order valence-corrected chi connectivity index (χ1v) is 8.47. The van der Waals surface area contributed by atoms with Gasteiger partial charge in [-0.1, -0.05) is 0 Å². The Morgan fingerprint density at radius 1 is 1.50 bits per heavy atom. The predicted octanol–water partition coefficient (Wildman–Crippen LogP) is 1.39. The smallest absolute Gasteiger partial charge is 0.258 e. The van der Waals surface area contributed by atoms with E-state index in [1.807, 2.05) is 13.8 Å². The molecule has 1 aromatic heterocycles. The summed E-state index contributed by atoms with van der Waals surface area (Å²) in [5.74, 6) is 1.91. The summed E-state index contributed by atoms with van der Waals surface area (Å²) in [5.41, 5.74) is 6.19. The van der Waals surface area contributed by atoms with E-state index in [9.17, 15) is 4.79 Å². The maximum atomic E-state index is 12.0. The van der Waals surface area contributed by atoms with E-state index >= 15 is 0 Å². The van der Waals surface area contributed by atoms with Crippen LogP contribution in [0.15, 0.2) is 0 Å². The molecule has 0 atom stereocenters. The van der Waals surface area contributed by atoms with E-state index in [0.717, 1.165) is 24.5 Å². The van der Waals surface area contributed by atoms with Gasteiger partial charge in [0.1, 0.15) is 10.6 Å². The number of nitrogen functional groups attached to an aromatic ring is 1. The Morgan fingerprint density at radius 3 is 2.90 bits per heavy atom. The highest BCUT2D eigenvalue weighted by Gasteiger charge is 2.19. The molecule has 0 bridgehead atoms. The summed E-state index contributed by atoms with van der Waals surface area (Å²) in [4.78, 5) is 12.0. The van der Waals surface area contributed by atoms with E-state index in [-0.39, 0.29) is 24.4 Å². The molecule has 0 aliphatic rings. The van der Waals surface area contributed by atoms with Crippen molar-refractivity contribution < 1.29 is 9.90 Å². The summed E-state index contributed by atoms with van der Waals surface area (Å²) in [6.45, 7) is 4.77. The van der Waals surface area contributed by atoms with E-state index in [1.54, 1.807) is 11.8 Å². The van der Waals surface area contributed by atoms with Gasteiger partial charge in [0.2, 0.25) is 0 Å². The lowest BCUT2D eigenvalue weighted by Gasteiger charge is -2.10. The van der Waals surface area contributed by atoms with Gasteiger partial charge in [0, 0.05) is 24.9 Å². The number of nitrogens with zero attached hydrogens (tertiary/aromatic N) is 1. The third kappa shape index (κ3) is 5.56. The van der Waals surface area contributed by atoms with Gasteiger partial charge in [-0.3, -0.25) is 4.79 Å². The Hall–Kier alpha value is -0.990. The molecule has 1 heterocycles. The SMILES string of the molecule is CC(C)NC(=O)c1c(N)nsc1NCCSCCCO. The average Bonchev–Trinajstić information content (AvgIpc) is 2.74. The van der Waals surface area contributed by atoms with Crippen LogP contribution >= 0.6 is 23.3 Å². The molecular formula is C12H22N4O2S2. The molecule has 20 heavy (non-hydrogen) atoms. The van der Waals surface area contributed by atoms with Crippen LogP contribution in [0.5, 0.6) is 0 Å². The number of carbonyl (C=O) groups excluding carboxylic acids is 1. The topological polar surface area (TPSA) is 100 Å². The maximum absolute atomic E-state index is 12.0. The molecule has 1 rings (SSSR count). The Morgan fingerprint density at radius 2 is 2.25 bits per heavy atom. The minimum Gasteiger partial charge on any atom is -0.396 e. The van der Waals surface area contributed by atoms with E-state index in [2.05, 4.69) is 15.0 Å². The fourth-order valence-electron chi connectivity index (χ4n) is 1.48. The third-order valence-electron chi connectivity index (χ3n) is 2.34. The summed E-state index contributed by atoms with van der Waals surface area (Å²) in [7, 11) is 0. The second kappa shape index (κ2) is 9.04. The van der Waals surface area contributed by atoms with Crippen LogP contribution in [0, 0.1) is 0 Å². The molecule has 0 aliphatic heterocycles. The zero-order valence-corrected chi connectivity index (χ0v) is 13.4. The number of aromatic nitrogens is 1. The molecule has 114 valence electrons. The zero-order valence-electron chi connectivity index (χ0n) is 11.8. The zero-order chi connectivity index (χ0) is 15.0. The van der Waals surface area contributed by atoms with E-state index in [1.165, 1.54) is 11.5 Å². The van der Waals surface area contributed by atoms with Gasteiger partial charge < -0.3 is 21.5 Å². The van der Waals surface area contributed by atoms with Crippen molar-refractivity contribution >= 4 is 40.0 Å². The van der Waals surface area contributed by atoms with Gasteiger partial charge in [-0.15, -0.1) is 0 Å². The summed E-state index contributed by atoms with van der Waals surface area (Å²) < 4.78 is 4.03. The molecule has 5 N–H and O–H groups in total. The van der Waals surface area contributed by atoms with Crippen LogP contribution < -0.4 is 16.4 Å². The number of rotatable bonds is 9. The normalized spacial score (nSPS) is 10.8. The van der Waals surface area contributed by atoms with Crippen molar-refractivity contribution in [2.45, 2.75) is 26.3 Å². The molecule has 0 saturated carbocycles. The lowest BCUT2D eigenvalue weighted by molar-refractivity contribution is 0.0945.